The van der Waals surface area contributed by atoms with Crippen LogP contribution in [0.5, 0.6) is 5.75 Å². The first-order valence-corrected chi connectivity index (χ1v) is 7.88. The molecule has 0 radical (unpaired) electrons. The minimum atomic E-state index is -4.41. The van der Waals surface area contributed by atoms with Crippen LogP contribution in [0.3, 0.4) is 0 Å². The molecule has 140 valence electrons. The van der Waals surface area contributed by atoms with E-state index in [4.69, 9.17) is 4.74 Å². The Hall–Kier alpha value is -3.36. The highest BCUT2D eigenvalue weighted by Gasteiger charge is 2.29. The van der Waals surface area contributed by atoms with Gasteiger partial charge >= 0.3 is 6.18 Å². The Bertz CT molecular complexity index is 968. The summed E-state index contributed by atoms with van der Waals surface area (Å²) in [4.78, 5) is 14.7. The minimum Gasteiger partial charge on any atom is -0.497 e. The van der Waals surface area contributed by atoms with E-state index in [0.29, 0.717) is 11.4 Å². The van der Waals surface area contributed by atoms with Crippen molar-refractivity contribution in [2.24, 2.45) is 0 Å². The van der Waals surface area contributed by atoms with Gasteiger partial charge in [-0.3, -0.25) is 9.78 Å². The van der Waals surface area contributed by atoms with Gasteiger partial charge in [0.15, 0.2) is 0 Å². The molecule has 0 saturated heterocycles. The zero-order valence-electron chi connectivity index (χ0n) is 14.2. The molecule has 0 bridgehead atoms. The van der Waals surface area contributed by atoms with Crippen LogP contribution >= 0.6 is 0 Å². The molecule has 0 atom stereocenters. The minimum absolute atomic E-state index is 0.0400. The number of nitrogens with zero attached hydrogens (tertiary/aromatic N) is 2. The van der Waals surface area contributed by atoms with Crippen molar-refractivity contribution < 1.29 is 17.9 Å². The number of methoxy groups -OCH3 is 1. The summed E-state index contributed by atoms with van der Waals surface area (Å²) >= 11 is 0. The normalized spacial score (nSPS) is 11.3. The molecule has 0 spiro atoms. The van der Waals surface area contributed by atoms with E-state index in [2.05, 4.69) is 20.5 Å². The number of aromatic nitrogens is 3. The van der Waals surface area contributed by atoms with Crippen molar-refractivity contribution in [1.29, 1.82) is 0 Å². The summed E-state index contributed by atoms with van der Waals surface area (Å²) in [5, 5.41) is 10.5. The number of nitrogens with one attached hydrogen (secondary N) is 2. The summed E-state index contributed by atoms with van der Waals surface area (Å²) in [7, 11) is 1.56. The highest BCUT2D eigenvalue weighted by molar-refractivity contribution is 5.53. The van der Waals surface area contributed by atoms with Gasteiger partial charge in [0.25, 0.3) is 5.56 Å². The average Bonchev–Trinajstić information content (AvgIpc) is 2.64. The molecule has 0 amide bonds. The number of anilines is 2. The predicted octanol–water partition coefficient (Wildman–Crippen LogP) is 3.53. The SMILES string of the molecule is COc1ccc(Cc2nnc(Nc3ccc(C(F)(F)F)cc3)[nH]c2=O)cc1. The number of benzene rings is 2. The van der Waals surface area contributed by atoms with E-state index >= 15 is 0 Å². The molecule has 6 nitrogen and oxygen atoms in total. The third-order valence-electron chi connectivity index (χ3n) is 3.77. The largest absolute Gasteiger partial charge is 0.497 e. The molecule has 0 saturated carbocycles. The van der Waals surface area contributed by atoms with E-state index in [1.54, 1.807) is 19.2 Å². The molecule has 9 heteroatoms. The Morgan fingerprint density at radius 2 is 1.70 bits per heavy atom. The standard InChI is InChI=1S/C18H15F3N4O2/c1-27-14-8-2-11(3-9-14)10-15-16(26)23-17(25-24-15)22-13-6-4-12(5-7-13)18(19,20)21/h2-9H,10H2,1H3,(H2,22,23,25,26). The molecule has 0 unspecified atom stereocenters. The Balaban J connectivity index is 1.71. The number of ether oxygens (including phenoxy) is 1. The van der Waals surface area contributed by atoms with Gasteiger partial charge in [0, 0.05) is 12.1 Å². The molecule has 3 aromatic rings. The van der Waals surface area contributed by atoms with Crippen LogP contribution in [0.15, 0.2) is 53.3 Å². The van der Waals surface area contributed by atoms with Crippen LogP contribution in [0, 0.1) is 0 Å². The zero-order valence-corrected chi connectivity index (χ0v) is 14.2. The van der Waals surface area contributed by atoms with Crippen LogP contribution < -0.4 is 15.6 Å². The van der Waals surface area contributed by atoms with Crippen LogP contribution in [0.2, 0.25) is 0 Å². The first-order chi connectivity index (χ1) is 12.8. The van der Waals surface area contributed by atoms with Crippen LogP contribution in [0.1, 0.15) is 16.8 Å². The lowest BCUT2D eigenvalue weighted by atomic mass is 10.1. The van der Waals surface area contributed by atoms with Crippen molar-refractivity contribution in [3.8, 4) is 5.75 Å². The summed E-state index contributed by atoms with van der Waals surface area (Å²) in [6.45, 7) is 0. The summed E-state index contributed by atoms with van der Waals surface area (Å²) in [6.07, 6.45) is -4.12. The number of hydrogen-bond acceptors (Lipinski definition) is 5. The average molecular weight is 376 g/mol. The van der Waals surface area contributed by atoms with Crippen LogP contribution in [-0.4, -0.2) is 22.3 Å². The Morgan fingerprint density at radius 3 is 2.26 bits per heavy atom. The molecule has 0 fully saturated rings. The zero-order chi connectivity index (χ0) is 19.4. The fourth-order valence-electron chi connectivity index (χ4n) is 2.35. The quantitative estimate of drug-likeness (QED) is 0.712. The summed E-state index contributed by atoms with van der Waals surface area (Å²) in [5.41, 5.74) is 0.228. The topological polar surface area (TPSA) is 79.9 Å². The lowest BCUT2D eigenvalue weighted by Crippen LogP contribution is -2.18. The molecule has 1 aromatic heterocycles. The number of aromatic amines is 1. The highest BCUT2D eigenvalue weighted by atomic mass is 19.4. The molecular weight excluding hydrogens is 361 g/mol. The van der Waals surface area contributed by atoms with Gasteiger partial charge < -0.3 is 10.1 Å². The Morgan fingerprint density at radius 1 is 1.04 bits per heavy atom. The molecule has 0 aliphatic heterocycles. The molecule has 2 aromatic carbocycles. The van der Waals surface area contributed by atoms with Gasteiger partial charge in [-0.2, -0.15) is 13.2 Å². The first-order valence-electron chi connectivity index (χ1n) is 7.88. The second-order valence-electron chi connectivity index (χ2n) is 5.67. The van der Waals surface area contributed by atoms with E-state index < -0.39 is 17.3 Å². The number of rotatable bonds is 5. The maximum atomic E-state index is 12.6. The molecular formula is C18H15F3N4O2. The lowest BCUT2D eigenvalue weighted by molar-refractivity contribution is -0.137. The molecule has 3 rings (SSSR count). The first kappa shape index (κ1) is 18.4. The fourth-order valence-corrected chi connectivity index (χ4v) is 2.35. The summed E-state index contributed by atoms with van der Waals surface area (Å²) in [5.74, 6) is 0.744. The maximum absolute atomic E-state index is 12.6. The second kappa shape index (κ2) is 7.48. The number of halogens is 3. The molecule has 0 aliphatic rings. The Kier molecular flexibility index (Phi) is 5.11. The van der Waals surface area contributed by atoms with Crippen molar-refractivity contribution >= 4 is 11.6 Å². The molecule has 0 aliphatic carbocycles. The fraction of sp³-hybridized carbons (Fsp3) is 0.167. The monoisotopic (exact) mass is 376 g/mol. The second-order valence-corrected chi connectivity index (χ2v) is 5.67. The van der Waals surface area contributed by atoms with Crippen molar-refractivity contribution in [1.82, 2.24) is 15.2 Å². The summed E-state index contributed by atoms with van der Waals surface area (Å²) in [6, 6.07) is 11.5. The van der Waals surface area contributed by atoms with E-state index in [1.165, 1.54) is 12.1 Å². The van der Waals surface area contributed by atoms with Crippen molar-refractivity contribution in [3.63, 3.8) is 0 Å². The van der Waals surface area contributed by atoms with Crippen molar-refractivity contribution in [2.75, 3.05) is 12.4 Å². The van der Waals surface area contributed by atoms with E-state index in [0.717, 1.165) is 17.7 Å². The third kappa shape index (κ3) is 4.63. The molecule has 27 heavy (non-hydrogen) atoms. The van der Waals surface area contributed by atoms with Crippen LogP contribution in [-0.2, 0) is 12.6 Å². The van der Waals surface area contributed by atoms with E-state index in [1.807, 2.05) is 12.1 Å². The van der Waals surface area contributed by atoms with E-state index in [9.17, 15) is 18.0 Å². The Labute approximate surface area is 152 Å². The van der Waals surface area contributed by atoms with Crippen molar-refractivity contribution in [2.45, 2.75) is 12.6 Å². The number of H-pyrrole nitrogens is 1. The van der Waals surface area contributed by atoms with Gasteiger partial charge in [-0.05, 0) is 42.0 Å². The van der Waals surface area contributed by atoms with Crippen LogP contribution in [0.25, 0.3) is 0 Å². The van der Waals surface area contributed by atoms with Gasteiger partial charge in [0.05, 0.1) is 12.7 Å². The maximum Gasteiger partial charge on any atom is 0.416 e. The van der Waals surface area contributed by atoms with Crippen LogP contribution in [0.4, 0.5) is 24.8 Å². The molecule has 1 heterocycles. The predicted molar refractivity (Wildman–Crippen MR) is 93.2 cm³/mol. The van der Waals surface area contributed by atoms with Gasteiger partial charge in [-0.1, -0.05) is 12.1 Å². The van der Waals surface area contributed by atoms with Gasteiger partial charge in [0.2, 0.25) is 5.95 Å². The smallest absolute Gasteiger partial charge is 0.416 e. The molecule has 2 N–H and O–H groups in total. The van der Waals surface area contributed by atoms with Gasteiger partial charge in [-0.25, -0.2) is 0 Å². The summed E-state index contributed by atoms with van der Waals surface area (Å²) < 4.78 is 42.8. The van der Waals surface area contributed by atoms with E-state index in [-0.39, 0.29) is 18.1 Å². The third-order valence-corrected chi connectivity index (χ3v) is 3.77. The lowest BCUT2D eigenvalue weighted by Gasteiger charge is -2.09. The number of hydrogen-bond donors (Lipinski definition) is 2. The highest BCUT2D eigenvalue weighted by Crippen LogP contribution is 2.30. The van der Waals surface area contributed by atoms with Crippen molar-refractivity contribution in [3.05, 3.63) is 75.7 Å². The van der Waals surface area contributed by atoms with Gasteiger partial charge in [0.1, 0.15) is 11.4 Å². The number of alkyl halides is 3. The van der Waals surface area contributed by atoms with Gasteiger partial charge in [-0.15, -0.1) is 10.2 Å².